The number of hydrogen-bond acceptors (Lipinski definition) is 3. The third kappa shape index (κ3) is 2.92. The van der Waals surface area contributed by atoms with E-state index in [9.17, 15) is 9.59 Å². The topological polar surface area (TPSA) is 74.6 Å². The van der Waals surface area contributed by atoms with Gasteiger partial charge in [-0.25, -0.2) is 0 Å². The van der Waals surface area contributed by atoms with Crippen LogP contribution in [0.4, 0.5) is 0 Å². The highest BCUT2D eigenvalue weighted by atomic mass is 35.5. The van der Waals surface area contributed by atoms with Gasteiger partial charge in [-0.2, -0.15) is 0 Å². The summed E-state index contributed by atoms with van der Waals surface area (Å²) in [6, 6.07) is 6.46. The minimum Gasteiger partial charge on any atom is -0.480 e. The molecular formula is C11H11ClO4S. The average molecular weight is 275 g/mol. The summed E-state index contributed by atoms with van der Waals surface area (Å²) in [4.78, 5) is 22.8. The first-order valence-electron chi connectivity index (χ1n) is 4.83. The van der Waals surface area contributed by atoms with Crippen LogP contribution in [0.15, 0.2) is 29.2 Å². The predicted octanol–water partition coefficient (Wildman–Crippen LogP) is 2.75. The van der Waals surface area contributed by atoms with E-state index in [4.69, 9.17) is 21.8 Å². The van der Waals surface area contributed by atoms with E-state index in [1.165, 1.54) is 6.92 Å². The van der Waals surface area contributed by atoms with E-state index >= 15 is 0 Å². The van der Waals surface area contributed by atoms with Crippen molar-refractivity contribution in [2.24, 2.45) is 0 Å². The lowest BCUT2D eigenvalue weighted by atomic mass is 10.1. The van der Waals surface area contributed by atoms with Crippen LogP contribution in [0.25, 0.3) is 0 Å². The van der Waals surface area contributed by atoms with Gasteiger partial charge in [0.25, 0.3) is 0 Å². The molecule has 0 bridgehead atoms. The third-order valence-electron chi connectivity index (χ3n) is 2.28. The Morgan fingerprint density at radius 2 is 1.94 bits per heavy atom. The molecule has 0 unspecified atom stereocenters. The Labute approximate surface area is 108 Å². The van der Waals surface area contributed by atoms with Crippen LogP contribution in [0.2, 0.25) is 5.02 Å². The number of carbonyl (C=O) groups is 2. The zero-order chi connectivity index (χ0) is 13.1. The standard InChI is InChI=1S/C11H11ClO4S/c1-2-11(9(13)14,10(15)16)17-8-5-3-4-7(12)6-8/h3-6H,2H2,1H3,(H,13,14)(H,15,16). The van der Waals surface area contributed by atoms with E-state index in [1.807, 2.05) is 0 Å². The first-order chi connectivity index (χ1) is 7.92. The van der Waals surface area contributed by atoms with E-state index in [2.05, 4.69) is 0 Å². The van der Waals surface area contributed by atoms with Crippen LogP contribution >= 0.6 is 23.4 Å². The summed E-state index contributed by atoms with van der Waals surface area (Å²) in [5.41, 5.74) is 0. The van der Waals surface area contributed by atoms with Crippen LogP contribution in [0, 0.1) is 0 Å². The molecule has 0 aromatic heterocycles. The van der Waals surface area contributed by atoms with Crippen LogP contribution in [0.3, 0.4) is 0 Å². The SMILES string of the molecule is CCC(Sc1cccc(Cl)c1)(C(=O)O)C(=O)O. The van der Waals surface area contributed by atoms with Crippen LogP contribution in [0.5, 0.6) is 0 Å². The molecule has 1 aromatic carbocycles. The molecule has 0 saturated carbocycles. The van der Waals surface area contributed by atoms with Crippen molar-refractivity contribution in [3.05, 3.63) is 29.3 Å². The Morgan fingerprint density at radius 1 is 1.35 bits per heavy atom. The predicted molar refractivity (Wildman–Crippen MR) is 65.6 cm³/mol. The van der Waals surface area contributed by atoms with E-state index in [0.29, 0.717) is 9.92 Å². The minimum absolute atomic E-state index is 0.0190. The van der Waals surface area contributed by atoms with Gasteiger partial charge in [-0.1, -0.05) is 36.4 Å². The number of thioether (sulfide) groups is 1. The molecular weight excluding hydrogens is 264 g/mol. The number of carboxylic acid groups (broad SMARTS) is 2. The monoisotopic (exact) mass is 274 g/mol. The summed E-state index contributed by atoms with van der Waals surface area (Å²) in [6.45, 7) is 1.53. The number of halogens is 1. The summed E-state index contributed by atoms with van der Waals surface area (Å²) in [5.74, 6) is -2.73. The van der Waals surface area contributed by atoms with Gasteiger partial charge in [-0.3, -0.25) is 9.59 Å². The molecule has 0 radical (unpaired) electrons. The van der Waals surface area contributed by atoms with Crippen molar-refractivity contribution in [3.8, 4) is 0 Å². The Hall–Kier alpha value is -1.20. The number of hydrogen-bond donors (Lipinski definition) is 2. The largest absolute Gasteiger partial charge is 0.480 e. The van der Waals surface area contributed by atoms with Gasteiger partial charge in [-0.15, -0.1) is 0 Å². The van der Waals surface area contributed by atoms with Crippen molar-refractivity contribution < 1.29 is 19.8 Å². The second-order valence-electron chi connectivity index (χ2n) is 3.35. The number of aliphatic carboxylic acids is 2. The molecule has 4 nitrogen and oxygen atoms in total. The molecule has 6 heteroatoms. The fourth-order valence-corrected chi connectivity index (χ4v) is 2.59. The van der Waals surface area contributed by atoms with Crippen LogP contribution < -0.4 is 0 Å². The smallest absolute Gasteiger partial charge is 0.331 e. The molecule has 0 aliphatic carbocycles. The highest BCUT2D eigenvalue weighted by Crippen LogP contribution is 2.37. The van der Waals surface area contributed by atoms with Gasteiger partial charge in [0.1, 0.15) is 0 Å². The Morgan fingerprint density at radius 3 is 2.35 bits per heavy atom. The number of rotatable bonds is 5. The first-order valence-corrected chi connectivity index (χ1v) is 6.03. The summed E-state index contributed by atoms with van der Waals surface area (Å²) < 4.78 is -1.87. The van der Waals surface area contributed by atoms with Gasteiger partial charge >= 0.3 is 11.9 Å². The maximum atomic E-state index is 11.1. The maximum Gasteiger partial charge on any atom is 0.331 e. The third-order valence-corrected chi connectivity index (χ3v) is 3.99. The molecule has 0 amide bonds. The van der Waals surface area contributed by atoms with Gasteiger partial charge in [0, 0.05) is 9.92 Å². The van der Waals surface area contributed by atoms with E-state index in [-0.39, 0.29) is 6.42 Å². The molecule has 0 fully saturated rings. The van der Waals surface area contributed by atoms with Gasteiger partial charge < -0.3 is 10.2 Å². The van der Waals surface area contributed by atoms with Crippen LogP contribution in [0.1, 0.15) is 13.3 Å². The van der Waals surface area contributed by atoms with Crippen molar-refractivity contribution in [3.63, 3.8) is 0 Å². The Kier molecular flexibility index (Phi) is 4.42. The average Bonchev–Trinajstić information content (AvgIpc) is 2.25. The Balaban J connectivity index is 3.10. The highest BCUT2D eigenvalue weighted by molar-refractivity contribution is 8.02. The summed E-state index contributed by atoms with van der Waals surface area (Å²) in [7, 11) is 0. The fourth-order valence-electron chi connectivity index (χ4n) is 1.29. The quantitative estimate of drug-likeness (QED) is 0.638. The lowest BCUT2D eigenvalue weighted by Crippen LogP contribution is -2.42. The summed E-state index contributed by atoms with van der Waals surface area (Å²) in [5, 5.41) is 18.6. The number of benzene rings is 1. The fraction of sp³-hybridized carbons (Fsp3) is 0.273. The molecule has 0 aliphatic rings. The molecule has 17 heavy (non-hydrogen) atoms. The molecule has 92 valence electrons. The Bertz CT molecular complexity index is 433. The van der Waals surface area contributed by atoms with Crippen molar-refractivity contribution in [2.45, 2.75) is 23.0 Å². The highest BCUT2D eigenvalue weighted by Gasteiger charge is 2.46. The van der Waals surface area contributed by atoms with Gasteiger partial charge in [0.15, 0.2) is 0 Å². The van der Waals surface area contributed by atoms with Crippen LogP contribution in [-0.2, 0) is 9.59 Å². The molecule has 0 spiro atoms. The molecule has 1 rings (SSSR count). The molecule has 0 saturated heterocycles. The molecule has 1 aromatic rings. The zero-order valence-corrected chi connectivity index (χ0v) is 10.6. The van der Waals surface area contributed by atoms with Gasteiger partial charge in [-0.05, 0) is 24.6 Å². The number of carboxylic acids is 2. The molecule has 0 atom stereocenters. The minimum atomic E-state index is -1.87. The van der Waals surface area contributed by atoms with Crippen molar-refractivity contribution in [1.29, 1.82) is 0 Å². The van der Waals surface area contributed by atoms with Gasteiger partial charge in [0.2, 0.25) is 4.75 Å². The van der Waals surface area contributed by atoms with Gasteiger partial charge in [0.05, 0.1) is 0 Å². The van der Waals surface area contributed by atoms with E-state index in [1.54, 1.807) is 24.3 Å². The molecule has 0 aliphatic heterocycles. The van der Waals surface area contributed by atoms with Crippen molar-refractivity contribution in [1.82, 2.24) is 0 Å². The lowest BCUT2D eigenvalue weighted by Gasteiger charge is -2.22. The van der Waals surface area contributed by atoms with Crippen molar-refractivity contribution in [2.75, 3.05) is 0 Å². The van der Waals surface area contributed by atoms with E-state index in [0.717, 1.165) is 11.8 Å². The normalized spacial score (nSPS) is 11.2. The van der Waals surface area contributed by atoms with Crippen LogP contribution in [-0.4, -0.2) is 26.9 Å². The zero-order valence-electron chi connectivity index (χ0n) is 9.01. The second kappa shape index (κ2) is 5.42. The van der Waals surface area contributed by atoms with E-state index < -0.39 is 16.7 Å². The lowest BCUT2D eigenvalue weighted by molar-refractivity contribution is -0.151. The second-order valence-corrected chi connectivity index (χ2v) is 5.16. The van der Waals surface area contributed by atoms with Crippen molar-refractivity contribution >= 4 is 35.3 Å². The summed E-state index contributed by atoms with van der Waals surface area (Å²) in [6.07, 6.45) is -0.0190. The first kappa shape index (κ1) is 13.9. The summed E-state index contributed by atoms with van der Waals surface area (Å²) >= 11 is 6.55. The molecule has 0 heterocycles. The maximum absolute atomic E-state index is 11.1. The molecule has 2 N–H and O–H groups in total.